The first-order valence-corrected chi connectivity index (χ1v) is 13.6. The summed E-state index contributed by atoms with van der Waals surface area (Å²) in [6.45, 7) is 5.15. The number of hydrogen-bond donors (Lipinski definition) is 2. The largest absolute Gasteiger partial charge is 0.497 e. The monoisotopic (exact) mass is 637 g/mol. The van der Waals surface area contributed by atoms with Crippen LogP contribution < -0.4 is 4.74 Å². The molecule has 2 aliphatic heterocycles. The molecular weight excluding hydrogens is 608 g/mol. The molecule has 10 nitrogen and oxygen atoms in total. The van der Waals surface area contributed by atoms with Crippen molar-refractivity contribution in [2.75, 3.05) is 33.8 Å². The number of halogens is 6. The Morgan fingerprint density at radius 1 is 0.977 bits per heavy atom. The summed E-state index contributed by atoms with van der Waals surface area (Å²) in [4.78, 5) is 22.8. The van der Waals surface area contributed by atoms with Crippen LogP contribution in [0, 0.1) is 0 Å². The van der Waals surface area contributed by atoms with Gasteiger partial charge in [0.1, 0.15) is 11.6 Å². The smallest absolute Gasteiger partial charge is 0.490 e. The van der Waals surface area contributed by atoms with Crippen LogP contribution >= 0.6 is 11.3 Å². The third-order valence-electron chi connectivity index (χ3n) is 6.79. The van der Waals surface area contributed by atoms with Gasteiger partial charge in [-0.3, -0.25) is 9.80 Å². The maximum atomic E-state index is 10.6. The van der Waals surface area contributed by atoms with E-state index >= 15 is 0 Å². The Morgan fingerprint density at radius 2 is 1.53 bits per heavy atom. The number of aromatic nitrogens is 3. The molecule has 3 aromatic rings. The van der Waals surface area contributed by atoms with E-state index in [1.54, 1.807) is 18.4 Å². The zero-order chi connectivity index (χ0) is 32.0. The zero-order valence-electron chi connectivity index (χ0n) is 23.0. The molecule has 2 N–H and O–H groups in total. The van der Waals surface area contributed by atoms with Gasteiger partial charge in [-0.2, -0.15) is 37.7 Å². The summed E-state index contributed by atoms with van der Waals surface area (Å²) in [5.41, 5.74) is 2.59. The van der Waals surface area contributed by atoms with E-state index < -0.39 is 24.3 Å². The summed E-state index contributed by atoms with van der Waals surface area (Å²) < 4.78 is 71.3. The molecule has 1 fully saturated rings. The highest BCUT2D eigenvalue weighted by molar-refractivity contribution is 7.07. The van der Waals surface area contributed by atoms with E-state index in [1.807, 2.05) is 12.1 Å². The Bertz CT molecular complexity index is 1330. The van der Waals surface area contributed by atoms with Crippen LogP contribution in [0.5, 0.6) is 5.75 Å². The first-order valence-electron chi connectivity index (χ1n) is 12.7. The number of carboxylic acid groups (broad SMARTS) is 2. The number of thiophene rings is 1. The fourth-order valence-corrected chi connectivity index (χ4v) is 5.52. The van der Waals surface area contributed by atoms with Crippen LogP contribution in [0.25, 0.3) is 11.4 Å². The number of fused-ring (bicyclic) bond motifs is 2. The van der Waals surface area contributed by atoms with Gasteiger partial charge < -0.3 is 19.5 Å². The first-order chi connectivity index (χ1) is 20.1. The number of ether oxygens (including phenoxy) is 1. The summed E-state index contributed by atoms with van der Waals surface area (Å²) in [5, 5.41) is 27.9. The van der Waals surface area contributed by atoms with Gasteiger partial charge in [0.2, 0.25) is 0 Å². The topological polar surface area (TPSA) is 121 Å². The third kappa shape index (κ3) is 8.90. The maximum absolute atomic E-state index is 10.6. The Kier molecular flexibility index (Phi) is 10.8. The molecule has 2 aliphatic rings. The number of rotatable bonds is 4. The van der Waals surface area contributed by atoms with Crippen molar-refractivity contribution in [1.82, 2.24) is 24.6 Å². The summed E-state index contributed by atoms with van der Waals surface area (Å²) in [7, 11) is 3.90. The normalized spacial score (nSPS) is 16.7. The molecule has 0 saturated carbocycles. The molecule has 0 bridgehead atoms. The van der Waals surface area contributed by atoms with E-state index in [0.717, 1.165) is 68.5 Å². The highest BCUT2D eigenvalue weighted by atomic mass is 32.1. The number of nitrogens with zero attached hydrogens (tertiary/aromatic N) is 5. The third-order valence-corrected chi connectivity index (χ3v) is 7.52. The van der Waals surface area contributed by atoms with Gasteiger partial charge in [0.25, 0.3) is 0 Å². The average Bonchev–Trinajstić information content (AvgIpc) is 3.60. The molecule has 1 saturated heterocycles. The lowest BCUT2D eigenvalue weighted by Crippen LogP contribution is -2.55. The molecular formula is C26H29F6N5O5S. The van der Waals surface area contributed by atoms with Crippen molar-refractivity contribution in [2.24, 2.45) is 0 Å². The molecule has 0 unspecified atom stereocenters. The quantitative estimate of drug-likeness (QED) is 0.392. The van der Waals surface area contributed by atoms with Crippen molar-refractivity contribution >= 4 is 23.3 Å². The number of likely N-dealkylation sites (tertiary alicyclic amines) is 1. The second kappa shape index (κ2) is 13.7. The van der Waals surface area contributed by atoms with Crippen molar-refractivity contribution < 1.29 is 50.9 Å². The minimum atomic E-state index is -5.08. The van der Waals surface area contributed by atoms with Gasteiger partial charge in [-0.1, -0.05) is 0 Å². The van der Waals surface area contributed by atoms with Crippen molar-refractivity contribution in [3.63, 3.8) is 0 Å². The van der Waals surface area contributed by atoms with Gasteiger partial charge in [-0.15, -0.1) is 10.2 Å². The van der Waals surface area contributed by atoms with Crippen LogP contribution in [0.4, 0.5) is 26.3 Å². The van der Waals surface area contributed by atoms with Gasteiger partial charge in [0.15, 0.2) is 5.82 Å². The second-order valence-corrected chi connectivity index (χ2v) is 10.7. The number of methoxy groups -OCH3 is 1. The highest BCUT2D eigenvalue weighted by Gasteiger charge is 2.43. The van der Waals surface area contributed by atoms with E-state index in [1.165, 1.54) is 5.56 Å². The SMILES string of the molecule is COc1ccc(-c2nnc3n2C2(CCN(Cc4ccsc4)CC2)CN(C)C3)cc1.O=C(O)C(F)(F)F.O=C(O)C(F)(F)F. The molecule has 4 heterocycles. The molecule has 0 aliphatic carbocycles. The predicted molar refractivity (Wildman–Crippen MR) is 143 cm³/mol. The number of benzene rings is 1. The lowest BCUT2D eigenvalue weighted by Gasteiger charge is -2.48. The Hall–Kier alpha value is -3.70. The Morgan fingerprint density at radius 3 is 2.00 bits per heavy atom. The van der Waals surface area contributed by atoms with Crippen molar-refractivity contribution in [2.45, 2.75) is 43.8 Å². The zero-order valence-corrected chi connectivity index (χ0v) is 23.8. The highest BCUT2D eigenvalue weighted by Crippen LogP contribution is 2.39. The van der Waals surface area contributed by atoms with E-state index in [9.17, 15) is 26.3 Å². The fraction of sp³-hybridized carbons (Fsp3) is 0.462. The Labute approximate surface area is 246 Å². The first kappa shape index (κ1) is 33.8. The molecule has 43 heavy (non-hydrogen) atoms. The van der Waals surface area contributed by atoms with Crippen LogP contribution in [-0.2, 0) is 28.2 Å². The van der Waals surface area contributed by atoms with E-state index in [4.69, 9.17) is 24.5 Å². The van der Waals surface area contributed by atoms with Crippen molar-refractivity contribution in [1.29, 1.82) is 0 Å². The van der Waals surface area contributed by atoms with Crippen LogP contribution in [0.1, 0.15) is 24.2 Å². The van der Waals surface area contributed by atoms with Crippen LogP contribution in [-0.4, -0.2) is 92.9 Å². The molecule has 17 heteroatoms. The number of likely N-dealkylation sites (N-methyl/N-ethyl adjacent to an activating group) is 1. The lowest BCUT2D eigenvalue weighted by atomic mass is 9.84. The summed E-state index contributed by atoms with van der Waals surface area (Å²) in [6.07, 6.45) is -7.93. The summed E-state index contributed by atoms with van der Waals surface area (Å²) >= 11 is 1.78. The van der Waals surface area contributed by atoms with E-state index in [2.05, 4.69) is 60.6 Å². The number of hydrogen-bond acceptors (Lipinski definition) is 8. The minimum Gasteiger partial charge on any atom is -0.497 e. The number of aliphatic carboxylic acids is 2. The molecule has 2 aromatic heterocycles. The van der Waals surface area contributed by atoms with Gasteiger partial charge >= 0.3 is 24.3 Å². The minimum absolute atomic E-state index is 0.0617. The number of alkyl halides is 6. The Balaban J connectivity index is 0.000000303. The van der Waals surface area contributed by atoms with Gasteiger partial charge in [0, 0.05) is 31.7 Å². The molecule has 0 amide bonds. The standard InChI is InChI=1S/C22H27N5OS.2C2HF3O2/c1-25-14-20-23-24-21(18-3-5-19(28-2)6-4-18)27(20)22(16-25)8-10-26(11-9-22)13-17-7-12-29-15-17;2*3-2(4,5)1(6)7/h3-7,12,15H,8-11,13-14,16H2,1-2H3;2*(H,6,7). The van der Waals surface area contributed by atoms with Crippen molar-refractivity contribution in [3.8, 4) is 17.1 Å². The van der Waals surface area contributed by atoms with Gasteiger partial charge in [0.05, 0.1) is 19.2 Å². The number of carboxylic acids is 2. The van der Waals surface area contributed by atoms with Gasteiger partial charge in [-0.05, 0) is 66.5 Å². The summed E-state index contributed by atoms with van der Waals surface area (Å²) in [5.74, 6) is -2.58. The lowest BCUT2D eigenvalue weighted by molar-refractivity contribution is -0.193. The van der Waals surface area contributed by atoms with E-state index in [0.29, 0.717) is 0 Å². The van der Waals surface area contributed by atoms with Crippen LogP contribution in [0.15, 0.2) is 41.1 Å². The fourth-order valence-electron chi connectivity index (χ4n) is 4.86. The maximum Gasteiger partial charge on any atom is 0.490 e. The average molecular weight is 638 g/mol. The molecule has 5 rings (SSSR count). The second-order valence-electron chi connectivity index (χ2n) is 9.91. The number of carbonyl (C=O) groups is 2. The van der Waals surface area contributed by atoms with Crippen LogP contribution in [0.2, 0.25) is 0 Å². The molecule has 0 radical (unpaired) electrons. The van der Waals surface area contributed by atoms with Gasteiger partial charge in [-0.25, -0.2) is 9.59 Å². The predicted octanol–water partition coefficient (Wildman–Crippen LogP) is 4.72. The van der Waals surface area contributed by atoms with E-state index in [-0.39, 0.29) is 5.54 Å². The van der Waals surface area contributed by atoms with Crippen LogP contribution in [0.3, 0.4) is 0 Å². The van der Waals surface area contributed by atoms with Crippen molar-refractivity contribution in [3.05, 3.63) is 52.5 Å². The number of piperidine rings is 1. The molecule has 1 spiro atoms. The molecule has 0 atom stereocenters. The molecule has 236 valence electrons. The summed E-state index contributed by atoms with van der Waals surface area (Å²) in [6, 6.07) is 10.4. The molecule has 1 aromatic carbocycles.